The van der Waals surface area contributed by atoms with E-state index in [0.29, 0.717) is 11.5 Å². The maximum Gasteiger partial charge on any atom is 0.244 e. The third-order valence-corrected chi connectivity index (χ3v) is 5.32. The first-order chi connectivity index (χ1) is 14.6. The number of hydrogen-bond acceptors (Lipinski definition) is 4. The van der Waals surface area contributed by atoms with Gasteiger partial charge in [0.15, 0.2) is 11.5 Å². The van der Waals surface area contributed by atoms with Gasteiger partial charge >= 0.3 is 0 Å². The molecule has 6 heteroatoms. The maximum atomic E-state index is 12.7. The number of carbonyl (C=O) groups excluding carboxylic acids is 1. The molecule has 0 bridgehead atoms. The van der Waals surface area contributed by atoms with E-state index in [0.717, 1.165) is 44.0 Å². The summed E-state index contributed by atoms with van der Waals surface area (Å²) >= 11 is 0. The summed E-state index contributed by atoms with van der Waals surface area (Å²) in [6.45, 7) is 6.35. The summed E-state index contributed by atoms with van der Waals surface area (Å²) in [7, 11) is 3.20. The van der Waals surface area contributed by atoms with Crippen LogP contribution in [0.25, 0.3) is 6.08 Å². The van der Waals surface area contributed by atoms with Gasteiger partial charge in [0, 0.05) is 6.08 Å². The van der Waals surface area contributed by atoms with Crippen molar-refractivity contribution in [2.45, 2.75) is 13.0 Å². The molecule has 1 aliphatic heterocycles. The highest BCUT2D eigenvalue weighted by Gasteiger charge is 2.22. The molecule has 0 unspecified atom stereocenters. The minimum atomic E-state index is -0.122. The van der Waals surface area contributed by atoms with Crippen LogP contribution in [-0.2, 0) is 9.53 Å². The van der Waals surface area contributed by atoms with E-state index in [2.05, 4.69) is 36.5 Å². The molecule has 3 rings (SSSR count). The van der Waals surface area contributed by atoms with Crippen molar-refractivity contribution in [3.05, 3.63) is 65.2 Å². The molecule has 1 amide bonds. The quantitative estimate of drug-likeness (QED) is 0.651. The number of nitrogens with one attached hydrogen (secondary N) is 2. The molecule has 1 aliphatic rings. The van der Waals surface area contributed by atoms with Gasteiger partial charge in [0.2, 0.25) is 5.91 Å². The average Bonchev–Trinajstić information content (AvgIpc) is 2.78. The molecule has 0 saturated carbocycles. The van der Waals surface area contributed by atoms with Crippen molar-refractivity contribution in [1.82, 2.24) is 5.32 Å². The molecule has 2 aromatic carbocycles. The van der Waals surface area contributed by atoms with E-state index < -0.39 is 0 Å². The van der Waals surface area contributed by atoms with E-state index in [1.165, 1.54) is 10.5 Å². The Kier molecular flexibility index (Phi) is 7.88. The molecular weight excluding hydrogens is 380 g/mol. The Morgan fingerprint density at radius 3 is 2.47 bits per heavy atom. The Balaban J connectivity index is 1.70. The molecule has 0 radical (unpaired) electrons. The number of ether oxygens (including phenoxy) is 3. The van der Waals surface area contributed by atoms with Gasteiger partial charge in [-0.05, 0) is 36.3 Å². The number of hydrogen-bond donors (Lipinski definition) is 2. The SMILES string of the molecule is COc1ccc(/C=C/C(=O)N[C@H](C[NH+]2CCOCC2)c2ccc(C)cc2)cc1OC. The predicted molar refractivity (Wildman–Crippen MR) is 117 cm³/mol. The second-order valence-corrected chi connectivity index (χ2v) is 7.49. The fraction of sp³-hybridized carbons (Fsp3) is 0.375. The molecule has 30 heavy (non-hydrogen) atoms. The van der Waals surface area contributed by atoms with E-state index in [4.69, 9.17) is 14.2 Å². The fourth-order valence-corrected chi connectivity index (χ4v) is 3.55. The van der Waals surface area contributed by atoms with Crippen LogP contribution in [0.5, 0.6) is 11.5 Å². The van der Waals surface area contributed by atoms with Crippen LogP contribution in [0, 0.1) is 6.92 Å². The Hall–Kier alpha value is -2.83. The lowest BCUT2D eigenvalue weighted by Gasteiger charge is -2.28. The van der Waals surface area contributed by atoms with Crippen LogP contribution in [-0.4, -0.2) is 53.0 Å². The molecule has 6 nitrogen and oxygen atoms in total. The zero-order valence-electron chi connectivity index (χ0n) is 17.9. The van der Waals surface area contributed by atoms with Crippen molar-refractivity contribution in [2.24, 2.45) is 0 Å². The first-order valence-corrected chi connectivity index (χ1v) is 10.3. The van der Waals surface area contributed by atoms with Gasteiger partial charge in [0.1, 0.15) is 25.7 Å². The van der Waals surface area contributed by atoms with Gasteiger partial charge in [-0.3, -0.25) is 4.79 Å². The molecular formula is C24H31N2O4+. The van der Waals surface area contributed by atoms with Crippen LogP contribution in [0.4, 0.5) is 0 Å². The van der Waals surface area contributed by atoms with Crippen LogP contribution in [0.3, 0.4) is 0 Å². The van der Waals surface area contributed by atoms with Crippen LogP contribution in [0.1, 0.15) is 22.7 Å². The summed E-state index contributed by atoms with van der Waals surface area (Å²) in [6.07, 6.45) is 3.35. The fourth-order valence-electron chi connectivity index (χ4n) is 3.55. The highest BCUT2D eigenvalue weighted by atomic mass is 16.5. The number of benzene rings is 2. The molecule has 1 atom stereocenters. The maximum absolute atomic E-state index is 12.7. The van der Waals surface area contributed by atoms with Gasteiger partial charge in [-0.25, -0.2) is 0 Å². The van der Waals surface area contributed by atoms with Crippen molar-refractivity contribution in [3.63, 3.8) is 0 Å². The normalized spacial score (nSPS) is 15.7. The van der Waals surface area contributed by atoms with Gasteiger partial charge in [-0.1, -0.05) is 35.9 Å². The van der Waals surface area contributed by atoms with Gasteiger partial charge < -0.3 is 24.4 Å². The van der Waals surface area contributed by atoms with E-state index in [9.17, 15) is 4.79 Å². The first kappa shape index (κ1) is 21.9. The average molecular weight is 412 g/mol. The molecule has 1 heterocycles. The summed E-state index contributed by atoms with van der Waals surface area (Å²) in [5.41, 5.74) is 3.19. The van der Waals surface area contributed by atoms with Crippen molar-refractivity contribution in [1.29, 1.82) is 0 Å². The van der Waals surface area contributed by atoms with Gasteiger partial charge in [-0.15, -0.1) is 0 Å². The number of methoxy groups -OCH3 is 2. The zero-order chi connectivity index (χ0) is 21.3. The lowest BCUT2D eigenvalue weighted by molar-refractivity contribution is -0.909. The molecule has 1 fully saturated rings. The molecule has 2 aromatic rings. The topological polar surface area (TPSA) is 61.2 Å². The van der Waals surface area contributed by atoms with E-state index in [1.807, 2.05) is 18.2 Å². The van der Waals surface area contributed by atoms with Crippen molar-refractivity contribution in [3.8, 4) is 11.5 Å². The third kappa shape index (κ3) is 6.08. The number of rotatable bonds is 8. The Morgan fingerprint density at radius 2 is 1.80 bits per heavy atom. The number of aryl methyl sites for hydroxylation is 1. The third-order valence-electron chi connectivity index (χ3n) is 5.32. The van der Waals surface area contributed by atoms with Gasteiger partial charge in [0.25, 0.3) is 0 Å². The van der Waals surface area contributed by atoms with Crippen molar-refractivity contribution in [2.75, 3.05) is 47.1 Å². The summed E-state index contributed by atoms with van der Waals surface area (Å²) in [5.74, 6) is 1.17. The first-order valence-electron chi connectivity index (χ1n) is 10.3. The van der Waals surface area contributed by atoms with Crippen LogP contribution in [0.15, 0.2) is 48.5 Å². The molecule has 160 valence electrons. The Bertz CT molecular complexity index is 858. The molecule has 0 aliphatic carbocycles. The predicted octanol–water partition coefficient (Wildman–Crippen LogP) is 1.80. The molecule has 0 aromatic heterocycles. The smallest absolute Gasteiger partial charge is 0.244 e. The summed E-state index contributed by atoms with van der Waals surface area (Å²) in [4.78, 5) is 14.1. The standard InChI is InChI=1S/C24H30N2O4/c1-18-4-8-20(9-5-18)21(17-26-12-14-30-15-13-26)25-24(27)11-7-19-6-10-22(28-2)23(16-19)29-3/h4-11,16,21H,12-15,17H2,1-3H3,(H,25,27)/p+1/b11-7+/t21-/m1/s1. The highest BCUT2D eigenvalue weighted by molar-refractivity contribution is 5.92. The second kappa shape index (κ2) is 10.8. The zero-order valence-corrected chi connectivity index (χ0v) is 17.9. The lowest BCUT2D eigenvalue weighted by atomic mass is 10.0. The summed E-state index contributed by atoms with van der Waals surface area (Å²) in [5, 5.41) is 3.18. The lowest BCUT2D eigenvalue weighted by Crippen LogP contribution is -3.14. The summed E-state index contributed by atoms with van der Waals surface area (Å²) in [6, 6.07) is 13.9. The van der Waals surface area contributed by atoms with Crippen LogP contribution < -0.4 is 19.7 Å². The molecule has 1 saturated heterocycles. The molecule has 0 spiro atoms. The minimum Gasteiger partial charge on any atom is -0.493 e. The van der Waals surface area contributed by atoms with Crippen LogP contribution >= 0.6 is 0 Å². The molecule has 2 N–H and O–H groups in total. The Labute approximate surface area is 178 Å². The van der Waals surface area contributed by atoms with E-state index in [1.54, 1.807) is 26.4 Å². The van der Waals surface area contributed by atoms with Gasteiger partial charge in [-0.2, -0.15) is 0 Å². The highest BCUT2D eigenvalue weighted by Crippen LogP contribution is 2.28. The largest absolute Gasteiger partial charge is 0.493 e. The van der Waals surface area contributed by atoms with Crippen LogP contribution in [0.2, 0.25) is 0 Å². The van der Waals surface area contributed by atoms with Crippen molar-refractivity contribution < 1.29 is 23.9 Å². The number of quaternary nitrogens is 1. The Morgan fingerprint density at radius 1 is 1.10 bits per heavy atom. The van der Waals surface area contributed by atoms with Gasteiger partial charge in [0.05, 0.1) is 27.4 Å². The monoisotopic (exact) mass is 411 g/mol. The number of amides is 1. The number of morpholine rings is 1. The summed E-state index contributed by atoms with van der Waals surface area (Å²) < 4.78 is 16.1. The van der Waals surface area contributed by atoms with Crippen molar-refractivity contribution >= 4 is 12.0 Å². The number of carbonyl (C=O) groups is 1. The minimum absolute atomic E-state index is 0.0544. The second-order valence-electron chi connectivity index (χ2n) is 7.49. The van der Waals surface area contributed by atoms with E-state index >= 15 is 0 Å². The van der Waals surface area contributed by atoms with E-state index in [-0.39, 0.29) is 11.9 Å².